The highest BCUT2D eigenvalue weighted by Gasteiger charge is 2.10. The summed E-state index contributed by atoms with van der Waals surface area (Å²) in [5, 5.41) is 9.57. The molecule has 0 saturated heterocycles. The van der Waals surface area contributed by atoms with Crippen molar-refractivity contribution in [3.05, 3.63) is 45.7 Å². The molecule has 0 unspecified atom stereocenters. The van der Waals surface area contributed by atoms with Gasteiger partial charge in [0.05, 0.1) is 5.56 Å². The number of rotatable bonds is 2. The van der Waals surface area contributed by atoms with Crippen LogP contribution < -0.4 is 5.56 Å². The molecule has 0 amide bonds. The van der Waals surface area contributed by atoms with Crippen LogP contribution in [-0.2, 0) is 6.42 Å². The summed E-state index contributed by atoms with van der Waals surface area (Å²) in [6, 6.07) is 7.68. The van der Waals surface area contributed by atoms with Crippen molar-refractivity contribution in [2.75, 3.05) is 0 Å². The van der Waals surface area contributed by atoms with E-state index in [2.05, 4.69) is 9.97 Å². The Morgan fingerprint density at radius 1 is 1.35 bits per heavy atom. The molecule has 0 atom stereocenters. The maximum absolute atomic E-state index is 11.6. The molecule has 1 heterocycles. The highest BCUT2D eigenvalue weighted by atomic mass is 16.3. The van der Waals surface area contributed by atoms with Crippen molar-refractivity contribution in [3.8, 4) is 17.3 Å². The minimum absolute atomic E-state index is 0.213. The van der Waals surface area contributed by atoms with Crippen molar-refractivity contribution in [3.63, 3.8) is 0 Å². The van der Waals surface area contributed by atoms with Gasteiger partial charge in [-0.1, -0.05) is 31.2 Å². The predicted molar refractivity (Wildman–Crippen MR) is 66.1 cm³/mol. The van der Waals surface area contributed by atoms with Crippen LogP contribution in [0.1, 0.15) is 18.1 Å². The molecule has 4 heteroatoms. The van der Waals surface area contributed by atoms with Gasteiger partial charge in [-0.05, 0) is 18.9 Å². The molecule has 0 fully saturated rings. The maximum atomic E-state index is 11.6. The van der Waals surface area contributed by atoms with E-state index in [0.29, 0.717) is 5.82 Å². The molecule has 0 radical (unpaired) electrons. The monoisotopic (exact) mass is 230 g/mol. The van der Waals surface area contributed by atoms with Crippen LogP contribution in [0.5, 0.6) is 5.88 Å². The summed E-state index contributed by atoms with van der Waals surface area (Å²) in [6.07, 6.45) is 0.842. The maximum Gasteiger partial charge on any atom is 0.257 e. The van der Waals surface area contributed by atoms with Gasteiger partial charge in [-0.3, -0.25) is 4.79 Å². The Kier molecular flexibility index (Phi) is 2.95. The number of aryl methyl sites for hydroxylation is 1. The summed E-state index contributed by atoms with van der Waals surface area (Å²) in [4.78, 5) is 18.3. The quantitative estimate of drug-likeness (QED) is 0.829. The van der Waals surface area contributed by atoms with E-state index in [0.717, 1.165) is 17.5 Å². The van der Waals surface area contributed by atoms with E-state index in [1.807, 2.05) is 31.2 Å². The molecule has 0 aliphatic carbocycles. The smallest absolute Gasteiger partial charge is 0.257 e. The molecule has 4 nitrogen and oxygen atoms in total. The molecule has 2 N–H and O–H groups in total. The van der Waals surface area contributed by atoms with Crippen molar-refractivity contribution in [1.29, 1.82) is 0 Å². The first-order valence-electron chi connectivity index (χ1n) is 5.51. The number of aromatic nitrogens is 2. The lowest BCUT2D eigenvalue weighted by molar-refractivity contribution is 0.447. The van der Waals surface area contributed by atoms with Gasteiger partial charge in [0.15, 0.2) is 0 Å². The molecule has 2 aromatic rings. The van der Waals surface area contributed by atoms with Crippen LogP contribution in [0.4, 0.5) is 0 Å². The Morgan fingerprint density at radius 3 is 2.71 bits per heavy atom. The van der Waals surface area contributed by atoms with E-state index < -0.39 is 0 Å². The highest BCUT2D eigenvalue weighted by Crippen LogP contribution is 2.21. The molecule has 0 aliphatic heterocycles. The fraction of sp³-hybridized carbons (Fsp3) is 0.231. The molecule has 17 heavy (non-hydrogen) atoms. The van der Waals surface area contributed by atoms with Crippen molar-refractivity contribution < 1.29 is 5.11 Å². The van der Waals surface area contributed by atoms with Crippen LogP contribution in [-0.4, -0.2) is 15.1 Å². The van der Waals surface area contributed by atoms with Gasteiger partial charge in [0, 0.05) is 5.56 Å². The van der Waals surface area contributed by atoms with Gasteiger partial charge in [-0.15, -0.1) is 0 Å². The average Bonchev–Trinajstić information content (AvgIpc) is 2.35. The molecule has 0 bridgehead atoms. The number of hydrogen-bond acceptors (Lipinski definition) is 3. The topological polar surface area (TPSA) is 66.0 Å². The summed E-state index contributed by atoms with van der Waals surface area (Å²) < 4.78 is 0. The summed E-state index contributed by atoms with van der Waals surface area (Å²) in [6.45, 7) is 3.57. The molecule has 2 rings (SSSR count). The third-order valence-corrected chi connectivity index (χ3v) is 2.78. The van der Waals surface area contributed by atoms with E-state index in [9.17, 15) is 9.90 Å². The molecule has 0 saturated carbocycles. The van der Waals surface area contributed by atoms with E-state index >= 15 is 0 Å². The lowest BCUT2D eigenvalue weighted by Crippen LogP contribution is -2.12. The van der Waals surface area contributed by atoms with Gasteiger partial charge >= 0.3 is 0 Å². The summed E-state index contributed by atoms with van der Waals surface area (Å²) in [7, 11) is 0. The van der Waals surface area contributed by atoms with Crippen LogP contribution >= 0.6 is 0 Å². The molecular formula is C13H14N2O2. The molecular weight excluding hydrogens is 216 g/mol. The Bertz CT molecular complexity index is 603. The minimum atomic E-state index is -0.307. The Labute approximate surface area is 99.0 Å². The second-order valence-electron chi connectivity index (χ2n) is 3.87. The van der Waals surface area contributed by atoms with E-state index in [-0.39, 0.29) is 17.0 Å². The first-order chi connectivity index (χ1) is 8.13. The van der Waals surface area contributed by atoms with Crippen LogP contribution in [0.3, 0.4) is 0 Å². The number of benzene rings is 1. The van der Waals surface area contributed by atoms with Crippen LogP contribution in [0.15, 0.2) is 29.1 Å². The Hall–Kier alpha value is -2.10. The van der Waals surface area contributed by atoms with Crippen molar-refractivity contribution in [1.82, 2.24) is 9.97 Å². The molecule has 0 aliphatic rings. The lowest BCUT2D eigenvalue weighted by atomic mass is 10.0. The molecule has 0 spiro atoms. The summed E-state index contributed by atoms with van der Waals surface area (Å²) >= 11 is 0. The van der Waals surface area contributed by atoms with Gasteiger partial charge in [-0.25, -0.2) is 0 Å². The van der Waals surface area contributed by atoms with Crippen molar-refractivity contribution in [2.24, 2.45) is 0 Å². The van der Waals surface area contributed by atoms with Crippen molar-refractivity contribution >= 4 is 0 Å². The zero-order valence-electron chi connectivity index (χ0n) is 9.82. The second kappa shape index (κ2) is 4.41. The number of H-pyrrole nitrogens is 1. The van der Waals surface area contributed by atoms with Crippen molar-refractivity contribution in [2.45, 2.75) is 20.3 Å². The highest BCUT2D eigenvalue weighted by molar-refractivity contribution is 5.60. The van der Waals surface area contributed by atoms with Crippen LogP contribution in [0.25, 0.3) is 11.4 Å². The van der Waals surface area contributed by atoms with E-state index in [1.54, 1.807) is 0 Å². The first-order valence-corrected chi connectivity index (χ1v) is 5.51. The van der Waals surface area contributed by atoms with E-state index in [1.165, 1.54) is 6.92 Å². The van der Waals surface area contributed by atoms with Gasteiger partial charge in [-0.2, -0.15) is 4.98 Å². The number of nitrogens with zero attached hydrogens (tertiary/aromatic N) is 1. The van der Waals surface area contributed by atoms with Gasteiger partial charge < -0.3 is 10.1 Å². The van der Waals surface area contributed by atoms with E-state index in [4.69, 9.17) is 0 Å². The predicted octanol–water partition coefficient (Wildman–Crippen LogP) is 2.01. The lowest BCUT2D eigenvalue weighted by Gasteiger charge is -2.07. The Balaban J connectivity index is 2.65. The second-order valence-corrected chi connectivity index (χ2v) is 3.87. The van der Waals surface area contributed by atoms with Gasteiger partial charge in [0.2, 0.25) is 5.88 Å². The summed E-state index contributed by atoms with van der Waals surface area (Å²) in [5.41, 5.74) is 1.86. The average molecular weight is 230 g/mol. The first kappa shape index (κ1) is 11.4. The van der Waals surface area contributed by atoms with Gasteiger partial charge in [0.1, 0.15) is 5.82 Å². The zero-order valence-corrected chi connectivity index (χ0v) is 9.82. The fourth-order valence-electron chi connectivity index (χ4n) is 1.71. The number of aromatic hydroxyl groups is 1. The molecule has 1 aromatic heterocycles. The number of nitrogens with one attached hydrogen (secondary N) is 1. The Morgan fingerprint density at radius 2 is 2.06 bits per heavy atom. The third kappa shape index (κ3) is 2.06. The van der Waals surface area contributed by atoms with Crippen LogP contribution in [0, 0.1) is 6.92 Å². The SMILES string of the molecule is CCc1ccccc1-c1nc(O)c(C)c(=O)[nH]1. The third-order valence-electron chi connectivity index (χ3n) is 2.78. The largest absolute Gasteiger partial charge is 0.493 e. The fourth-order valence-corrected chi connectivity index (χ4v) is 1.71. The zero-order chi connectivity index (χ0) is 12.4. The normalized spacial score (nSPS) is 10.5. The summed E-state index contributed by atoms with van der Waals surface area (Å²) in [5.74, 6) is 0.199. The minimum Gasteiger partial charge on any atom is -0.493 e. The molecule has 88 valence electrons. The number of hydrogen-bond donors (Lipinski definition) is 2. The van der Waals surface area contributed by atoms with Gasteiger partial charge in [0.25, 0.3) is 5.56 Å². The standard InChI is InChI=1S/C13H14N2O2/c1-3-9-6-4-5-7-10(9)11-14-12(16)8(2)13(17)15-11/h4-7H,3H2,1-2H3,(H2,14,15,16,17). The number of aromatic amines is 1. The van der Waals surface area contributed by atoms with Crippen LogP contribution in [0.2, 0.25) is 0 Å². The molecule has 1 aromatic carbocycles.